The molecular formula is C46H62FN9O6S. The van der Waals surface area contributed by atoms with Crippen molar-refractivity contribution in [2.45, 2.75) is 82.9 Å². The highest BCUT2D eigenvalue weighted by Gasteiger charge is 2.29. The first-order valence-electron chi connectivity index (χ1n) is 21.3. The predicted octanol–water partition coefficient (Wildman–Crippen LogP) is 8.54. The first-order valence-corrected chi connectivity index (χ1v) is 22.1. The summed E-state index contributed by atoms with van der Waals surface area (Å²) in [7, 11) is 2.13. The molecule has 6 N–H and O–H groups in total. The number of halogens is 1. The van der Waals surface area contributed by atoms with Gasteiger partial charge in [-0.05, 0) is 131 Å². The third kappa shape index (κ3) is 15.7. The zero-order valence-electron chi connectivity index (χ0n) is 37.1. The van der Waals surface area contributed by atoms with Crippen molar-refractivity contribution in [2.75, 3.05) is 62.2 Å². The van der Waals surface area contributed by atoms with Gasteiger partial charge in [-0.25, -0.2) is 27.9 Å². The second-order valence-electron chi connectivity index (χ2n) is 16.4. The molecule has 1 fully saturated rings. The summed E-state index contributed by atoms with van der Waals surface area (Å²) in [4.78, 5) is 52.4. The summed E-state index contributed by atoms with van der Waals surface area (Å²) < 4.78 is 21.5. The van der Waals surface area contributed by atoms with Crippen LogP contribution >= 0.6 is 11.9 Å². The molecule has 3 atom stereocenters. The third-order valence-corrected chi connectivity index (χ3v) is 11.6. The van der Waals surface area contributed by atoms with Crippen LogP contribution in [-0.2, 0) is 22.4 Å². The van der Waals surface area contributed by atoms with Crippen molar-refractivity contribution in [2.24, 2.45) is 5.92 Å². The van der Waals surface area contributed by atoms with Crippen LogP contribution < -0.4 is 31.8 Å². The summed E-state index contributed by atoms with van der Waals surface area (Å²) >= 11 is 1.69. The number of amides is 5. The Labute approximate surface area is 374 Å². The number of carbonyl (C=O) groups is 3. The maximum Gasteiger partial charge on any atom is 0.407 e. The van der Waals surface area contributed by atoms with Crippen LogP contribution in [0, 0.1) is 5.92 Å². The molecule has 0 spiro atoms. The minimum absolute atomic E-state index is 0.153. The number of allylic oxidation sites excluding steroid dienone is 4. The molecule has 0 saturated carbocycles. The minimum Gasteiger partial charge on any atom is -0.441 e. The Balaban J connectivity index is 1.06. The monoisotopic (exact) mass is 887 g/mol. The number of aryl methyl sites for hydroxylation is 1. The number of anilines is 3. The number of hydrogen-bond acceptors (Lipinski definition) is 11. The van der Waals surface area contributed by atoms with E-state index in [9.17, 15) is 24.0 Å². The molecule has 1 aliphatic carbocycles. The molecule has 2 aliphatic rings. The van der Waals surface area contributed by atoms with Crippen LogP contribution in [-0.4, -0.2) is 95.6 Å². The Morgan fingerprint density at radius 2 is 1.83 bits per heavy atom. The molecule has 63 heavy (non-hydrogen) atoms. The van der Waals surface area contributed by atoms with Crippen molar-refractivity contribution in [3.63, 3.8) is 0 Å². The van der Waals surface area contributed by atoms with E-state index in [1.807, 2.05) is 57.2 Å². The van der Waals surface area contributed by atoms with Crippen molar-refractivity contribution >= 4 is 47.2 Å². The van der Waals surface area contributed by atoms with Crippen molar-refractivity contribution in [3.8, 4) is 0 Å². The van der Waals surface area contributed by atoms with Crippen LogP contribution in [0.15, 0.2) is 102 Å². The van der Waals surface area contributed by atoms with E-state index in [4.69, 9.17) is 9.57 Å². The number of nitrogens with one attached hydrogen (secondary N) is 5. The van der Waals surface area contributed by atoms with Crippen LogP contribution in [0.5, 0.6) is 0 Å². The van der Waals surface area contributed by atoms with E-state index in [0.717, 1.165) is 47.9 Å². The Morgan fingerprint density at radius 3 is 2.56 bits per heavy atom. The van der Waals surface area contributed by atoms with Gasteiger partial charge in [-0.3, -0.25) is 10.2 Å². The molecule has 5 amide bonds. The van der Waals surface area contributed by atoms with E-state index in [1.165, 1.54) is 6.08 Å². The van der Waals surface area contributed by atoms with Crippen molar-refractivity contribution < 1.29 is 33.6 Å². The van der Waals surface area contributed by atoms with Gasteiger partial charge in [-0.2, -0.15) is 0 Å². The van der Waals surface area contributed by atoms with E-state index >= 15 is 0 Å². The number of aromatic nitrogens is 1. The third-order valence-electron chi connectivity index (χ3n) is 10.6. The largest absolute Gasteiger partial charge is 0.441 e. The fourth-order valence-electron chi connectivity index (χ4n) is 7.11. The van der Waals surface area contributed by atoms with Crippen LogP contribution in [0.4, 0.5) is 35.8 Å². The fourth-order valence-corrected chi connectivity index (χ4v) is 8.07. The fraction of sp³-hybridized carbons (Fsp3) is 0.435. The summed E-state index contributed by atoms with van der Waals surface area (Å²) in [6.45, 7) is 16.4. The number of ether oxygens (including phenoxy) is 1. The number of pyridine rings is 1. The number of rotatable bonds is 18. The van der Waals surface area contributed by atoms with Gasteiger partial charge < -0.3 is 36.2 Å². The Bertz CT molecular complexity index is 2110. The van der Waals surface area contributed by atoms with Crippen LogP contribution in [0.3, 0.4) is 0 Å². The lowest BCUT2D eigenvalue weighted by molar-refractivity contribution is -0.101. The van der Waals surface area contributed by atoms with Crippen molar-refractivity contribution in [3.05, 3.63) is 114 Å². The quantitative estimate of drug-likeness (QED) is 0.0411. The number of piperazine rings is 1. The normalized spacial score (nSPS) is 17.0. The molecule has 2 unspecified atom stereocenters. The van der Waals surface area contributed by atoms with Gasteiger partial charge in [0.05, 0.1) is 23.6 Å². The first-order chi connectivity index (χ1) is 30.1. The van der Waals surface area contributed by atoms with Gasteiger partial charge in [0.1, 0.15) is 18.0 Å². The Morgan fingerprint density at radius 1 is 1.08 bits per heavy atom. The molecule has 0 radical (unpaired) electrons. The average molecular weight is 888 g/mol. The number of benzene rings is 2. The number of alkyl carbamates (subject to hydrolysis) is 1. The lowest BCUT2D eigenvalue weighted by Gasteiger charge is -2.31. The van der Waals surface area contributed by atoms with Gasteiger partial charge in [0.2, 0.25) is 0 Å². The zero-order chi connectivity index (χ0) is 45.5. The van der Waals surface area contributed by atoms with E-state index in [-0.39, 0.29) is 37.2 Å². The van der Waals surface area contributed by atoms with Gasteiger partial charge in [0.15, 0.2) is 0 Å². The van der Waals surface area contributed by atoms with Crippen LogP contribution in [0.1, 0.15) is 70.3 Å². The highest BCUT2D eigenvalue weighted by Crippen LogP contribution is 2.28. The number of hydrogen-bond donors (Lipinski definition) is 6. The van der Waals surface area contributed by atoms with Crippen molar-refractivity contribution in [1.82, 2.24) is 30.1 Å². The Hall–Kier alpha value is -5.46. The molecule has 1 aromatic heterocycles. The first kappa shape index (κ1) is 48.6. The molecule has 2 heterocycles. The van der Waals surface area contributed by atoms with Gasteiger partial charge in [-0.1, -0.05) is 50.8 Å². The summed E-state index contributed by atoms with van der Waals surface area (Å²) in [5.74, 6) is -0.710. The number of nitrogens with zero attached hydrogens (tertiary/aromatic N) is 4. The average Bonchev–Trinajstić information content (AvgIpc) is 3.24. The standard InChI is InChI=1S/C46H62FN9O6S/c1-8-12-33(23-32(4)47)31(3)28-49-43(57)51-38-25-35-24-37(17-18-42(35)48-29-38)52-45(59)62-46(5,6)30-61-56(60)39-15-10-13-34(26-39)41(9-2)53-44(58)50-36-14-11-16-40(27-36)63-55-21-19-54(7)20-22-55/h8,10-16,23,25-27,29,31,37,41,60H,4,9,17-22,24,28,30H2,1-3,5-7H3,(H,52,59)(H2,49,51,57)(H2,50,53,58)/b12-8-,33-23+/t31?,37?,41-/m0/s1. The molecule has 17 heteroatoms. The highest BCUT2D eigenvalue weighted by atomic mass is 32.2. The summed E-state index contributed by atoms with van der Waals surface area (Å²) in [6.07, 6.45) is 8.22. The number of likely N-dealkylation sites (N-methyl/N-ethyl adjacent to an activating group) is 1. The smallest absolute Gasteiger partial charge is 0.407 e. The topological polar surface area (TPSA) is 173 Å². The van der Waals surface area contributed by atoms with Crippen LogP contribution in [0.25, 0.3) is 0 Å². The maximum atomic E-state index is 13.4. The van der Waals surface area contributed by atoms with Gasteiger partial charge in [0, 0.05) is 55.0 Å². The van der Waals surface area contributed by atoms with E-state index < -0.39 is 23.6 Å². The van der Waals surface area contributed by atoms with E-state index in [2.05, 4.69) is 54.4 Å². The van der Waals surface area contributed by atoms with Crippen molar-refractivity contribution in [1.29, 1.82) is 0 Å². The molecule has 5 rings (SSSR count). The molecule has 15 nitrogen and oxygen atoms in total. The van der Waals surface area contributed by atoms with E-state index in [0.29, 0.717) is 53.5 Å². The number of urea groups is 2. The summed E-state index contributed by atoms with van der Waals surface area (Å²) in [5, 5.41) is 26.0. The SMILES string of the molecule is C=C(F)/C=C(\C=C/C)C(C)CNC(=O)Nc1cnc2c(c1)CC(NC(=O)OC(C)(C)CON(O)c1cccc([C@H](CC)NC(=O)Nc3cccc(SN4CCN(C)CC4)c3)c1)CC2. The zero-order valence-corrected chi connectivity index (χ0v) is 37.9. The van der Waals surface area contributed by atoms with E-state index in [1.54, 1.807) is 62.3 Å². The molecule has 1 saturated heterocycles. The molecular weight excluding hydrogens is 826 g/mol. The van der Waals surface area contributed by atoms with Gasteiger partial charge in [0.25, 0.3) is 0 Å². The molecule has 2 aromatic carbocycles. The Kier molecular flexibility index (Phi) is 18.0. The number of fused-ring (bicyclic) bond motifs is 1. The second-order valence-corrected chi connectivity index (χ2v) is 17.6. The minimum atomic E-state index is -1.13. The van der Waals surface area contributed by atoms with Crippen LogP contribution in [0.2, 0.25) is 0 Å². The lowest BCUT2D eigenvalue weighted by Crippen LogP contribution is -2.44. The molecule has 340 valence electrons. The molecule has 0 bridgehead atoms. The summed E-state index contributed by atoms with van der Waals surface area (Å²) in [5.41, 5.74) is 3.63. The molecule has 3 aromatic rings. The van der Waals surface area contributed by atoms with Gasteiger partial charge >= 0.3 is 18.2 Å². The highest BCUT2D eigenvalue weighted by molar-refractivity contribution is 7.97. The lowest BCUT2D eigenvalue weighted by atomic mass is 9.91. The number of carbonyl (C=O) groups excluding carboxylic acids is 3. The van der Waals surface area contributed by atoms with Gasteiger partial charge in [-0.15, -0.1) is 5.23 Å². The molecule has 1 aliphatic heterocycles. The predicted molar refractivity (Wildman–Crippen MR) is 246 cm³/mol. The maximum absolute atomic E-state index is 13.4. The summed E-state index contributed by atoms with van der Waals surface area (Å²) in [6, 6.07) is 15.3. The second kappa shape index (κ2) is 23.3.